The molecule has 3 N–H and O–H groups in total. The second-order valence-corrected chi connectivity index (χ2v) is 4.24. The number of carbonyl (C=O) groups excluding carboxylic acids is 1. The van der Waals surface area contributed by atoms with Crippen molar-refractivity contribution in [1.29, 1.82) is 0 Å². The van der Waals surface area contributed by atoms with Crippen LogP contribution in [-0.2, 0) is 0 Å². The smallest absolute Gasteiger partial charge is 0.255 e. The van der Waals surface area contributed by atoms with Gasteiger partial charge >= 0.3 is 0 Å². The minimum Gasteiger partial charge on any atom is -0.497 e. The zero-order chi connectivity index (χ0) is 15.1. The number of ether oxygens (including phenoxy) is 1. The largest absolute Gasteiger partial charge is 0.497 e. The summed E-state index contributed by atoms with van der Waals surface area (Å²) in [5.41, 5.74) is 7.29. The van der Waals surface area contributed by atoms with E-state index in [0.717, 1.165) is 5.56 Å². The van der Waals surface area contributed by atoms with Gasteiger partial charge in [0.2, 0.25) is 0 Å². The molecule has 0 bridgehead atoms. The lowest BCUT2D eigenvalue weighted by Gasteiger charge is -2.08. The van der Waals surface area contributed by atoms with Crippen molar-refractivity contribution >= 4 is 11.6 Å². The Labute approximate surface area is 123 Å². The summed E-state index contributed by atoms with van der Waals surface area (Å²) in [6.45, 7) is 0.276. The van der Waals surface area contributed by atoms with Gasteiger partial charge in [0.05, 0.1) is 19.3 Å². The molecule has 0 aliphatic rings. The molecule has 0 aliphatic heterocycles. The third kappa shape index (κ3) is 3.85. The highest BCUT2D eigenvalue weighted by Crippen LogP contribution is 2.17. The topological polar surface area (TPSA) is 64.3 Å². The molecule has 0 spiro atoms. The van der Waals surface area contributed by atoms with Crippen molar-refractivity contribution in [2.75, 3.05) is 19.0 Å². The zero-order valence-corrected chi connectivity index (χ0v) is 11.7. The Bertz CT molecular complexity index is 699. The van der Waals surface area contributed by atoms with Gasteiger partial charge in [-0.1, -0.05) is 30.0 Å². The fraction of sp³-hybridized carbons (Fsp3) is 0.118. The summed E-state index contributed by atoms with van der Waals surface area (Å²) in [5, 5.41) is 2.85. The van der Waals surface area contributed by atoms with Gasteiger partial charge in [-0.15, -0.1) is 0 Å². The first kappa shape index (κ1) is 14.6. The molecule has 0 aliphatic carbocycles. The van der Waals surface area contributed by atoms with E-state index in [4.69, 9.17) is 10.5 Å². The van der Waals surface area contributed by atoms with E-state index in [2.05, 4.69) is 17.2 Å². The first-order chi connectivity index (χ1) is 10.2. The molecule has 1 amide bonds. The van der Waals surface area contributed by atoms with E-state index in [-0.39, 0.29) is 12.5 Å². The lowest BCUT2D eigenvalue weighted by molar-refractivity contribution is 0.102. The van der Waals surface area contributed by atoms with E-state index in [9.17, 15) is 4.79 Å². The maximum atomic E-state index is 12.3. The molecule has 0 fully saturated rings. The number of nitrogens with one attached hydrogen (secondary N) is 1. The summed E-state index contributed by atoms with van der Waals surface area (Å²) in [4.78, 5) is 12.3. The van der Waals surface area contributed by atoms with E-state index in [0.29, 0.717) is 17.0 Å². The number of nitrogens with two attached hydrogens (primary N) is 1. The van der Waals surface area contributed by atoms with Crippen LogP contribution in [0.25, 0.3) is 0 Å². The molecule has 0 saturated heterocycles. The zero-order valence-electron chi connectivity index (χ0n) is 11.7. The summed E-state index contributed by atoms with van der Waals surface area (Å²) in [5.74, 6) is 6.15. The summed E-state index contributed by atoms with van der Waals surface area (Å²) < 4.78 is 5.12. The highest BCUT2D eigenvalue weighted by molar-refractivity contribution is 6.05. The van der Waals surface area contributed by atoms with Gasteiger partial charge in [-0.3, -0.25) is 4.79 Å². The average molecular weight is 280 g/mol. The van der Waals surface area contributed by atoms with Crippen molar-refractivity contribution in [2.45, 2.75) is 0 Å². The maximum Gasteiger partial charge on any atom is 0.255 e. The van der Waals surface area contributed by atoms with Crippen LogP contribution in [0, 0.1) is 11.8 Å². The molecule has 0 unspecified atom stereocenters. The Hall–Kier alpha value is -2.77. The Morgan fingerprint density at radius 3 is 2.81 bits per heavy atom. The van der Waals surface area contributed by atoms with Gasteiger partial charge in [0.1, 0.15) is 5.75 Å². The van der Waals surface area contributed by atoms with Gasteiger partial charge in [-0.05, 0) is 30.3 Å². The fourth-order valence-electron chi connectivity index (χ4n) is 1.81. The number of hydrogen-bond acceptors (Lipinski definition) is 3. The first-order valence-electron chi connectivity index (χ1n) is 6.48. The molecule has 2 aromatic carbocycles. The molecule has 4 nitrogen and oxygen atoms in total. The molecule has 2 rings (SSSR count). The second kappa shape index (κ2) is 7.13. The number of para-hydroxylation sites is 1. The number of hydrogen-bond donors (Lipinski definition) is 2. The van der Waals surface area contributed by atoms with Gasteiger partial charge in [0, 0.05) is 11.1 Å². The van der Waals surface area contributed by atoms with Gasteiger partial charge < -0.3 is 15.8 Å². The number of amides is 1. The van der Waals surface area contributed by atoms with Crippen molar-refractivity contribution < 1.29 is 9.53 Å². The minimum absolute atomic E-state index is 0.212. The van der Waals surface area contributed by atoms with Gasteiger partial charge in [-0.2, -0.15) is 0 Å². The lowest BCUT2D eigenvalue weighted by Crippen LogP contribution is -2.12. The molecule has 0 heterocycles. The highest BCUT2D eigenvalue weighted by atomic mass is 16.5. The molecule has 0 atom stereocenters. The summed E-state index contributed by atoms with van der Waals surface area (Å²) >= 11 is 0. The van der Waals surface area contributed by atoms with Crippen LogP contribution in [0.3, 0.4) is 0 Å². The molecule has 106 valence electrons. The van der Waals surface area contributed by atoms with Crippen molar-refractivity contribution in [3.05, 3.63) is 59.7 Å². The molecule has 4 heteroatoms. The molecule has 0 saturated carbocycles. The fourth-order valence-corrected chi connectivity index (χ4v) is 1.81. The third-order valence-electron chi connectivity index (χ3n) is 2.83. The van der Waals surface area contributed by atoms with Crippen LogP contribution in [0.2, 0.25) is 0 Å². The SMILES string of the molecule is COc1cccc(C(=O)Nc2ccccc2C#CCN)c1. The lowest BCUT2D eigenvalue weighted by atomic mass is 10.1. The van der Waals surface area contributed by atoms with E-state index in [1.165, 1.54) is 0 Å². The molecule has 21 heavy (non-hydrogen) atoms. The molecular weight excluding hydrogens is 264 g/mol. The van der Waals surface area contributed by atoms with Crippen LogP contribution in [-0.4, -0.2) is 19.6 Å². The number of methoxy groups -OCH3 is 1. The van der Waals surface area contributed by atoms with Crippen LogP contribution in [0.1, 0.15) is 15.9 Å². The van der Waals surface area contributed by atoms with Crippen molar-refractivity contribution in [3.63, 3.8) is 0 Å². The predicted octanol–water partition coefficient (Wildman–Crippen LogP) is 2.26. The monoisotopic (exact) mass is 280 g/mol. The predicted molar refractivity (Wildman–Crippen MR) is 83.3 cm³/mol. The number of anilines is 1. The Morgan fingerprint density at radius 1 is 1.24 bits per heavy atom. The Kier molecular flexibility index (Phi) is 4.97. The Morgan fingerprint density at radius 2 is 2.05 bits per heavy atom. The third-order valence-corrected chi connectivity index (χ3v) is 2.83. The van der Waals surface area contributed by atoms with E-state index < -0.39 is 0 Å². The van der Waals surface area contributed by atoms with Crippen molar-refractivity contribution in [3.8, 4) is 17.6 Å². The summed E-state index contributed by atoms with van der Waals surface area (Å²) in [6.07, 6.45) is 0. The number of benzene rings is 2. The Balaban J connectivity index is 2.23. The van der Waals surface area contributed by atoms with Crippen molar-refractivity contribution in [2.24, 2.45) is 5.73 Å². The molecule has 2 aromatic rings. The van der Waals surface area contributed by atoms with Crippen LogP contribution >= 0.6 is 0 Å². The van der Waals surface area contributed by atoms with Crippen LogP contribution < -0.4 is 15.8 Å². The maximum absolute atomic E-state index is 12.3. The van der Waals surface area contributed by atoms with Crippen LogP contribution in [0.5, 0.6) is 5.75 Å². The normalized spacial score (nSPS) is 9.43. The average Bonchev–Trinajstić information content (AvgIpc) is 2.54. The molecule has 0 aromatic heterocycles. The summed E-state index contributed by atoms with van der Waals surface area (Å²) in [6, 6.07) is 14.3. The number of carbonyl (C=O) groups is 1. The van der Waals surface area contributed by atoms with E-state index in [1.54, 1.807) is 37.4 Å². The molecular formula is C17H16N2O2. The minimum atomic E-state index is -0.212. The number of rotatable bonds is 3. The first-order valence-corrected chi connectivity index (χ1v) is 6.48. The van der Waals surface area contributed by atoms with Gasteiger partial charge in [0.15, 0.2) is 0 Å². The van der Waals surface area contributed by atoms with Gasteiger partial charge in [-0.25, -0.2) is 0 Å². The van der Waals surface area contributed by atoms with Gasteiger partial charge in [0.25, 0.3) is 5.91 Å². The van der Waals surface area contributed by atoms with Crippen LogP contribution in [0.4, 0.5) is 5.69 Å². The second-order valence-electron chi connectivity index (χ2n) is 4.24. The van der Waals surface area contributed by atoms with E-state index >= 15 is 0 Å². The summed E-state index contributed by atoms with van der Waals surface area (Å²) in [7, 11) is 1.56. The van der Waals surface area contributed by atoms with E-state index in [1.807, 2.05) is 18.2 Å². The quantitative estimate of drug-likeness (QED) is 0.848. The van der Waals surface area contributed by atoms with Crippen molar-refractivity contribution in [1.82, 2.24) is 0 Å². The van der Waals surface area contributed by atoms with Crippen LogP contribution in [0.15, 0.2) is 48.5 Å². The highest BCUT2D eigenvalue weighted by Gasteiger charge is 2.08. The standard InChI is InChI=1S/C17H16N2O2/c1-21-15-9-4-7-14(12-15)17(20)19-16-10-3-2-6-13(16)8-5-11-18/h2-4,6-7,9-10,12H,11,18H2,1H3,(H,19,20). The molecule has 0 radical (unpaired) electrons.